The molecule has 20 heavy (non-hydrogen) atoms. The van der Waals surface area contributed by atoms with E-state index >= 15 is 0 Å². The molecule has 0 aromatic carbocycles. The van der Waals surface area contributed by atoms with Gasteiger partial charge in [0.25, 0.3) is 0 Å². The summed E-state index contributed by atoms with van der Waals surface area (Å²) in [6.45, 7) is 2.47. The number of likely N-dealkylation sites (tertiary alicyclic amines) is 1. The van der Waals surface area contributed by atoms with Gasteiger partial charge in [-0.15, -0.1) is 0 Å². The normalized spacial score (nSPS) is 19.1. The van der Waals surface area contributed by atoms with E-state index in [1.165, 1.54) is 6.42 Å². The Labute approximate surface area is 125 Å². The minimum atomic E-state index is 0.0830. The molecular formula is C14H24N4OS. The molecule has 5 nitrogen and oxygen atoms in total. The zero-order chi connectivity index (χ0) is 14.4. The molecule has 1 N–H and O–H groups in total. The van der Waals surface area contributed by atoms with Crippen LogP contribution in [0.4, 0.5) is 4.79 Å². The van der Waals surface area contributed by atoms with Gasteiger partial charge in [-0.1, -0.05) is 0 Å². The molecule has 2 heterocycles. The van der Waals surface area contributed by atoms with Gasteiger partial charge in [0.1, 0.15) is 0 Å². The predicted octanol–water partition coefficient (Wildman–Crippen LogP) is 1.75. The molecule has 0 aliphatic carbocycles. The van der Waals surface area contributed by atoms with Crippen LogP contribution in [0.15, 0.2) is 12.4 Å². The lowest BCUT2D eigenvalue weighted by Crippen LogP contribution is -2.46. The number of carbonyl (C=O) groups is 1. The number of aryl methyl sites for hydroxylation is 1. The Balaban J connectivity index is 1.71. The molecule has 1 aliphatic heterocycles. The van der Waals surface area contributed by atoms with Crippen molar-refractivity contribution >= 4 is 17.8 Å². The summed E-state index contributed by atoms with van der Waals surface area (Å²) in [6, 6.07) is 0.0830. The summed E-state index contributed by atoms with van der Waals surface area (Å²) in [7, 11) is 1.90. The molecule has 1 aliphatic rings. The van der Waals surface area contributed by atoms with E-state index in [2.05, 4.69) is 16.7 Å². The van der Waals surface area contributed by atoms with Gasteiger partial charge in [0.05, 0.1) is 6.20 Å². The lowest BCUT2D eigenvalue weighted by atomic mass is 10.0. The van der Waals surface area contributed by atoms with Crippen molar-refractivity contribution in [1.29, 1.82) is 0 Å². The van der Waals surface area contributed by atoms with E-state index in [-0.39, 0.29) is 6.03 Å². The number of carbonyl (C=O) groups excluding carboxylic acids is 1. The van der Waals surface area contributed by atoms with Crippen molar-refractivity contribution in [3.05, 3.63) is 18.0 Å². The fourth-order valence-electron chi connectivity index (χ4n) is 2.65. The number of nitrogens with zero attached hydrogens (tertiary/aromatic N) is 3. The topological polar surface area (TPSA) is 50.2 Å². The predicted molar refractivity (Wildman–Crippen MR) is 83.0 cm³/mol. The van der Waals surface area contributed by atoms with Gasteiger partial charge in [0.2, 0.25) is 0 Å². The number of aromatic nitrogens is 2. The van der Waals surface area contributed by atoms with Gasteiger partial charge in [-0.3, -0.25) is 4.68 Å². The van der Waals surface area contributed by atoms with Gasteiger partial charge in [-0.2, -0.15) is 16.9 Å². The second-order valence-electron chi connectivity index (χ2n) is 5.41. The first-order valence-electron chi connectivity index (χ1n) is 7.18. The van der Waals surface area contributed by atoms with E-state index in [0.717, 1.165) is 37.2 Å². The van der Waals surface area contributed by atoms with Crippen LogP contribution in [-0.2, 0) is 13.5 Å². The summed E-state index contributed by atoms with van der Waals surface area (Å²) in [5.41, 5.74) is 1.16. The van der Waals surface area contributed by atoms with Crippen LogP contribution in [0.5, 0.6) is 0 Å². The fraction of sp³-hybridized carbons (Fsp3) is 0.714. The Morgan fingerprint density at radius 2 is 2.45 bits per heavy atom. The summed E-state index contributed by atoms with van der Waals surface area (Å²) < 4.78 is 1.79. The fourth-order valence-corrected chi connectivity index (χ4v) is 3.39. The van der Waals surface area contributed by atoms with E-state index in [1.807, 2.05) is 36.1 Å². The standard InChI is InChI=1S/C14H24N4OS/c1-17-9-12(8-16-17)5-6-15-14(19)18-7-3-4-13(10-18)11-20-2/h8-9,13H,3-7,10-11H2,1-2H3,(H,15,19)/t13-/m0/s1. The van der Waals surface area contributed by atoms with Crippen LogP contribution < -0.4 is 5.32 Å². The smallest absolute Gasteiger partial charge is 0.317 e. The van der Waals surface area contributed by atoms with Crippen LogP contribution in [0.1, 0.15) is 18.4 Å². The molecule has 1 aromatic rings. The Hall–Kier alpha value is -1.17. The quantitative estimate of drug-likeness (QED) is 0.900. The molecular weight excluding hydrogens is 272 g/mol. The van der Waals surface area contributed by atoms with Crippen molar-refractivity contribution in [3.8, 4) is 0 Å². The average Bonchev–Trinajstić information content (AvgIpc) is 2.85. The molecule has 0 saturated carbocycles. The zero-order valence-electron chi connectivity index (χ0n) is 12.3. The van der Waals surface area contributed by atoms with E-state index in [1.54, 1.807) is 4.68 Å². The summed E-state index contributed by atoms with van der Waals surface area (Å²) >= 11 is 1.87. The molecule has 1 fully saturated rings. The summed E-state index contributed by atoms with van der Waals surface area (Å²) in [5, 5.41) is 7.14. The molecule has 2 amide bonds. The van der Waals surface area contributed by atoms with Crippen LogP contribution in [0.25, 0.3) is 0 Å². The van der Waals surface area contributed by atoms with Crippen molar-refractivity contribution in [1.82, 2.24) is 20.0 Å². The minimum absolute atomic E-state index is 0.0830. The third-order valence-corrected chi connectivity index (χ3v) is 4.46. The molecule has 6 heteroatoms. The van der Waals surface area contributed by atoms with Gasteiger partial charge in [0, 0.05) is 32.9 Å². The molecule has 1 saturated heterocycles. The molecule has 1 aromatic heterocycles. The molecule has 2 rings (SSSR count). The van der Waals surface area contributed by atoms with Gasteiger partial charge >= 0.3 is 6.03 Å². The van der Waals surface area contributed by atoms with Gasteiger partial charge in [-0.05, 0) is 42.8 Å². The Kier molecular flexibility index (Phi) is 5.76. The van der Waals surface area contributed by atoms with E-state index in [4.69, 9.17) is 0 Å². The molecule has 1 atom stereocenters. The SMILES string of the molecule is CSC[C@H]1CCCN(C(=O)NCCc2cnn(C)c2)C1. The van der Waals surface area contributed by atoms with Crippen molar-refractivity contribution in [2.24, 2.45) is 13.0 Å². The summed E-state index contributed by atoms with van der Waals surface area (Å²) in [4.78, 5) is 14.1. The molecule has 0 spiro atoms. The van der Waals surface area contributed by atoms with Crippen LogP contribution in [-0.4, -0.2) is 52.4 Å². The lowest BCUT2D eigenvalue weighted by Gasteiger charge is -2.32. The third-order valence-electron chi connectivity index (χ3n) is 3.66. The number of hydrogen-bond donors (Lipinski definition) is 1. The second kappa shape index (κ2) is 7.57. The van der Waals surface area contributed by atoms with Crippen molar-refractivity contribution < 1.29 is 4.79 Å². The number of nitrogens with one attached hydrogen (secondary N) is 1. The number of urea groups is 1. The minimum Gasteiger partial charge on any atom is -0.338 e. The molecule has 112 valence electrons. The van der Waals surface area contributed by atoms with E-state index in [9.17, 15) is 4.79 Å². The summed E-state index contributed by atoms with van der Waals surface area (Å²) in [6.07, 6.45) is 9.18. The highest BCUT2D eigenvalue weighted by Gasteiger charge is 2.22. The molecule has 0 bridgehead atoms. The first-order valence-corrected chi connectivity index (χ1v) is 8.57. The van der Waals surface area contributed by atoms with Crippen LogP contribution in [0, 0.1) is 5.92 Å². The van der Waals surface area contributed by atoms with Gasteiger partial charge < -0.3 is 10.2 Å². The van der Waals surface area contributed by atoms with Crippen molar-refractivity contribution in [3.63, 3.8) is 0 Å². The maximum absolute atomic E-state index is 12.1. The highest BCUT2D eigenvalue weighted by atomic mass is 32.2. The van der Waals surface area contributed by atoms with E-state index in [0.29, 0.717) is 12.5 Å². The molecule has 0 radical (unpaired) electrons. The monoisotopic (exact) mass is 296 g/mol. The number of thioether (sulfide) groups is 1. The third kappa shape index (κ3) is 4.44. The largest absolute Gasteiger partial charge is 0.338 e. The van der Waals surface area contributed by atoms with E-state index < -0.39 is 0 Å². The van der Waals surface area contributed by atoms with Crippen molar-refractivity contribution in [2.45, 2.75) is 19.3 Å². The molecule has 0 unspecified atom stereocenters. The number of rotatable bonds is 5. The highest BCUT2D eigenvalue weighted by molar-refractivity contribution is 7.98. The number of piperidine rings is 1. The van der Waals surface area contributed by atoms with Gasteiger partial charge in [0.15, 0.2) is 0 Å². The Morgan fingerprint density at radius 1 is 1.60 bits per heavy atom. The lowest BCUT2D eigenvalue weighted by molar-refractivity contribution is 0.171. The number of hydrogen-bond acceptors (Lipinski definition) is 3. The van der Waals surface area contributed by atoms with Gasteiger partial charge in [-0.25, -0.2) is 4.79 Å². The van der Waals surface area contributed by atoms with Crippen LogP contribution in [0.3, 0.4) is 0 Å². The Morgan fingerprint density at radius 3 is 3.15 bits per heavy atom. The van der Waals surface area contributed by atoms with Crippen LogP contribution in [0.2, 0.25) is 0 Å². The first-order chi connectivity index (χ1) is 9.69. The average molecular weight is 296 g/mol. The Bertz CT molecular complexity index is 433. The zero-order valence-corrected chi connectivity index (χ0v) is 13.2. The van der Waals surface area contributed by atoms with Crippen LogP contribution >= 0.6 is 11.8 Å². The number of amides is 2. The van der Waals surface area contributed by atoms with Crippen molar-refractivity contribution in [2.75, 3.05) is 31.6 Å². The second-order valence-corrected chi connectivity index (χ2v) is 6.32. The summed E-state index contributed by atoms with van der Waals surface area (Å²) in [5.74, 6) is 1.81. The first kappa shape index (κ1) is 15.2. The maximum atomic E-state index is 12.1. The maximum Gasteiger partial charge on any atom is 0.317 e. The highest BCUT2D eigenvalue weighted by Crippen LogP contribution is 2.19.